The summed E-state index contributed by atoms with van der Waals surface area (Å²) in [5.41, 5.74) is 0. The van der Waals surface area contributed by atoms with Crippen LogP contribution < -0.4 is 0 Å². The van der Waals surface area contributed by atoms with E-state index < -0.39 is 17.6 Å². The second-order valence-corrected chi connectivity index (χ2v) is 0.455. The van der Waals surface area contributed by atoms with Gasteiger partial charge in [0.25, 0.3) is 0 Å². The van der Waals surface area contributed by atoms with E-state index in [9.17, 15) is 0 Å². The molecule has 0 aromatic carbocycles. The van der Waals surface area contributed by atoms with Gasteiger partial charge in [-0.15, -0.1) is 0 Å². The van der Waals surface area contributed by atoms with E-state index >= 15 is 0 Å². The van der Waals surface area contributed by atoms with Crippen molar-refractivity contribution in [2.75, 3.05) is 0 Å². The largest absolute Gasteiger partial charge is 0 e. The van der Waals surface area contributed by atoms with Gasteiger partial charge in [-0.3, -0.25) is 0 Å². The first-order valence-electron chi connectivity index (χ1n) is 0.272. The molecule has 0 saturated heterocycles. The van der Waals surface area contributed by atoms with Gasteiger partial charge in [0.05, 0.1) is 0 Å². The summed E-state index contributed by atoms with van der Waals surface area (Å²) in [5.74, 6) is 0. The Morgan fingerprint density at radius 2 is 1.20 bits per heavy atom. The van der Waals surface area contributed by atoms with Crippen LogP contribution in [0, 0.1) is 0 Å². The van der Waals surface area contributed by atoms with Crippen LogP contribution in [0.5, 0.6) is 0 Å². The van der Waals surface area contributed by atoms with E-state index in [1.807, 2.05) is 0 Å². The van der Waals surface area contributed by atoms with E-state index in [0.717, 1.165) is 0 Å². The molecule has 0 aromatic heterocycles. The van der Waals surface area contributed by atoms with Gasteiger partial charge in [0, 0.05) is 21.1 Å². The minimum atomic E-state index is -2.00. The fourth-order valence-corrected chi connectivity index (χ4v) is 0. The molecule has 2 nitrogen and oxygen atoms in total. The van der Waals surface area contributed by atoms with Gasteiger partial charge in [0.15, 0.2) is 0 Å². The molecule has 0 amide bonds. The third-order valence-corrected chi connectivity index (χ3v) is 0. The Hall–Kier alpha value is 0.938. The average Bonchev–Trinajstić information content (AvgIpc) is 0.918. The first-order chi connectivity index (χ1) is 1.41. The topological polar surface area (TPSA) is 34.1 Å². The summed E-state index contributed by atoms with van der Waals surface area (Å²) in [6.07, 6.45) is 0. The molecule has 39 valence electrons. The van der Waals surface area contributed by atoms with E-state index in [-0.39, 0.29) is 28.5 Å². The molecular weight excluding hydrogens is 431 g/mol. The third kappa shape index (κ3) is 48.5. The van der Waals surface area contributed by atoms with Crippen LogP contribution in [0.3, 0.4) is 0 Å². The van der Waals surface area contributed by atoms with E-state index in [4.69, 9.17) is 7.01 Å². The van der Waals surface area contributed by atoms with Gasteiger partial charge in [0.2, 0.25) is 0 Å². The van der Waals surface area contributed by atoms with Crippen LogP contribution >= 0.6 is 0 Å². The van der Waals surface area contributed by atoms with E-state index in [0.29, 0.717) is 0 Å². The SMILES string of the molecule is C.[O]=[Ir]=[O].[Pt]. The molecule has 0 N–H and O–H groups in total. The maximum atomic E-state index is 8.50. The van der Waals surface area contributed by atoms with Crippen molar-refractivity contribution in [2.45, 2.75) is 7.43 Å². The summed E-state index contributed by atoms with van der Waals surface area (Å²) in [5, 5.41) is 0. The maximum Gasteiger partial charge on any atom is 0 e. The summed E-state index contributed by atoms with van der Waals surface area (Å²) >= 11 is -2.00. The zero-order chi connectivity index (χ0) is 2.71. The van der Waals surface area contributed by atoms with Crippen LogP contribution in [0.15, 0.2) is 0 Å². The summed E-state index contributed by atoms with van der Waals surface area (Å²) in [6, 6.07) is 0. The van der Waals surface area contributed by atoms with Crippen molar-refractivity contribution in [3.05, 3.63) is 0 Å². The molecule has 0 atom stereocenters. The fourth-order valence-electron chi connectivity index (χ4n) is 0. The minimum absolute atomic E-state index is 0. The quantitative estimate of drug-likeness (QED) is 0.552. The fraction of sp³-hybridized carbons (Fsp3) is 1.00. The number of rotatable bonds is 0. The van der Waals surface area contributed by atoms with Gasteiger partial charge in [-0.2, -0.15) is 0 Å². The molecular formula is CH4IrO2Pt. The van der Waals surface area contributed by atoms with Crippen molar-refractivity contribution >= 4 is 0 Å². The van der Waals surface area contributed by atoms with E-state index in [1.165, 1.54) is 0 Å². The standard InChI is InChI=1S/CH4.Ir.2O.Pt/h1H4;;;;. The van der Waals surface area contributed by atoms with Crippen LogP contribution in [0.4, 0.5) is 0 Å². The van der Waals surface area contributed by atoms with Crippen molar-refractivity contribution < 1.29 is 45.7 Å². The van der Waals surface area contributed by atoms with Crippen LogP contribution in [-0.4, -0.2) is 0 Å². The zero-order valence-corrected chi connectivity index (χ0v) is 6.13. The van der Waals surface area contributed by atoms with Crippen LogP contribution in [0.2, 0.25) is 0 Å². The molecule has 0 spiro atoms. The average molecular weight is 435 g/mol. The maximum absolute atomic E-state index is 8.50. The summed E-state index contributed by atoms with van der Waals surface area (Å²) in [4.78, 5) is 0. The van der Waals surface area contributed by atoms with Crippen molar-refractivity contribution in [1.82, 2.24) is 0 Å². The molecule has 0 aliphatic rings. The van der Waals surface area contributed by atoms with Crippen LogP contribution in [0.25, 0.3) is 0 Å². The second kappa shape index (κ2) is 20.4. The normalized spacial score (nSPS) is 3.20. The molecule has 5 heavy (non-hydrogen) atoms. The Kier molecular flexibility index (Phi) is 68.4. The Labute approximate surface area is 53.1 Å². The summed E-state index contributed by atoms with van der Waals surface area (Å²) < 4.78 is 17.0. The van der Waals surface area contributed by atoms with Gasteiger partial charge in [0.1, 0.15) is 0 Å². The molecule has 0 fully saturated rings. The third-order valence-electron chi connectivity index (χ3n) is 0. The smallest absolute Gasteiger partial charge is 0 e. The van der Waals surface area contributed by atoms with E-state index in [2.05, 4.69) is 0 Å². The Morgan fingerprint density at radius 3 is 1.20 bits per heavy atom. The van der Waals surface area contributed by atoms with Crippen LogP contribution in [0.1, 0.15) is 7.43 Å². The van der Waals surface area contributed by atoms with Crippen molar-refractivity contribution in [3.63, 3.8) is 0 Å². The minimum Gasteiger partial charge on any atom is 0 e. The Morgan fingerprint density at radius 1 is 1.20 bits per heavy atom. The molecule has 0 radical (unpaired) electrons. The summed E-state index contributed by atoms with van der Waals surface area (Å²) in [7, 11) is 0. The van der Waals surface area contributed by atoms with Gasteiger partial charge < -0.3 is 0 Å². The number of hydrogen-bond donors (Lipinski definition) is 0. The van der Waals surface area contributed by atoms with Gasteiger partial charge >= 0.3 is 24.6 Å². The first kappa shape index (κ1) is 16.8. The first-order valence-corrected chi connectivity index (χ1v) is 2.23. The predicted molar refractivity (Wildman–Crippen MR) is 8.10 cm³/mol. The molecule has 0 rings (SSSR count). The van der Waals surface area contributed by atoms with Crippen molar-refractivity contribution in [1.29, 1.82) is 0 Å². The predicted octanol–water partition coefficient (Wildman–Crippen LogP) is 0.393. The molecule has 4 heteroatoms. The molecule has 0 saturated carbocycles. The Balaban J connectivity index is -0.0000000200. The van der Waals surface area contributed by atoms with Gasteiger partial charge in [-0.25, -0.2) is 0 Å². The molecule has 0 unspecified atom stereocenters. The molecule has 0 aliphatic heterocycles. The van der Waals surface area contributed by atoms with Crippen LogP contribution in [-0.2, 0) is 45.7 Å². The monoisotopic (exact) mass is 436 g/mol. The molecule has 0 aromatic rings. The van der Waals surface area contributed by atoms with E-state index in [1.54, 1.807) is 0 Å². The molecule has 0 aliphatic carbocycles. The zero-order valence-electron chi connectivity index (χ0n) is 1.47. The Bertz CT molecular complexity index is 30.6. The molecule has 0 bridgehead atoms. The second-order valence-electron chi connectivity index (χ2n) is 0.0556. The van der Waals surface area contributed by atoms with Crippen molar-refractivity contribution in [2.24, 2.45) is 0 Å². The van der Waals surface area contributed by atoms with Gasteiger partial charge in [-0.1, -0.05) is 7.43 Å². The molecule has 0 heterocycles. The van der Waals surface area contributed by atoms with Gasteiger partial charge in [-0.05, 0) is 0 Å². The number of hydrogen-bond acceptors (Lipinski definition) is 2. The van der Waals surface area contributed by atoms with Crippen molar-refractivity contribution in [3.8, 4) is 0 Å². The summed E-state index contributed by atoms with van der Waals surface area (Å²) in [6.45, 7) is 0.